The van der Waals surface area contributed by atoms with E-state index in [2.05, 4.69) is 37.4 Å². The molecule has 0 aliphatic carbocycles. The van der Waals surface area contributed by atoms with Crippen LogP contribution in [-0.4, -0.2) is 27.8 Å². The van der Waals surface area contributed by atoms with Crippen LogP contribution in [0.3, 0.4) is 0 Å². The zero-order chi connectivity index (χ0) is 21.0. The molecule has 0 radical (unpaired) electrons. The number of nitrogens with one attached hydrogen (secondary N) is 1. The van der Waals surface area contributed by atoms with Crippen LogP contribution in [0.2, 0.25) is 0 Å². The molecular formula is C23H22N4O2S. The molecule has 2 aromatic heterocycles. The number of hydrogen-bond acceptors (Lipinski definition) is 5. The molecule has 5 rings (SSSR count). The Hall–Kier alpha value is -3.19. The lowest BCUT2D eigenvalue weighted by molar-refractivity contribution is -0.116. The van der Waals surface area contributed by atoms with Crippen LogP contribution in [0.4, 0.5) is 5.82 Å². The molecule has 4 aromatic rings. The number of ether oxygens (including phenoxy) is 1. The highest BCUT2D eigenvalue weighted by Crippen LogP contribution is 2.41. The number of fused-ring (bicyclic) bond motifs is 2. The van der Waals surface area contributed by atoms with Crippen LogP contribution >= 0.6 is 11.3 Å². The van der Waals surface area contributed by atoms with Gasteiger partial charge in [0.05, 0.1) is 23.0 Å². The van der Waals surface area contributed by atoms with Crippen molar-refractivity contribution in [2.75, 3.05) is 12.4 Å². The first-order valence-corrected chi connectivity index (χ1v) is 10.7. The molecule has 152 valence electrons. The molecule has 0 bridgehead atoms. The van der Waals surface area contributed by atoms with E-state index >= 15 is 0 Å². The van der Waals surface area contributed by atoms with Crippen molar-refractivity contribution < 1.29 is 9.53 Å². The van der Waals surface area contributed by atoms with Crippen LogP contribution in [0.1, 0.15) is 40.3 Å². The molecule has 30 heavy (non-hydrogen) atoms. The number of aromatic nitrogens is 3. The molecule has 1 unspecified atom stereocenters. The van der Waals surface area contributed by atoms with Crippen molar-refractivity contribution in [3.63, 3.8) is 0 Å². The first-order chi connectivity index (χ1) is 14.4. The summed E-state index contributed by atoms with van der Waals surface area (Å²) in [6, 6.07) is 12.2. The molecule has 7 heteroatoms. The standard InChI is InChI=1S/C23H22N4O2S/c1-12-5-6-15(9-13(12)2)17-11-20(28)25-22-21(17)14(3)26-27(22)23-24-18-8-7-16(29-4)10-19(18)30-23/h5-10,17H,11H2,1-4H3,(H,25,28). The number of thiazole rings is 1. The molecule has 1 aliphatic rings. The first kappa shape index (κ1) is 18.8. The number of amides is 1. The van der Waals surface area contributed by atoms with Crippen molar-refractivity contribution in [2.24, 2.45) is 0 Å². The van der Waals surface area contributed by atoms with Crippen molar-refractivity contribution >= 4 is 33.3 Å². The topological polar surface area (TPSA) is 69.0 Å². The summed E-state index contributed by atoms with van der Waals surface area (Å²) in [6.45, 7) is 6.20. The molecule has 0 saturated heterocycles. The molecule has 1 N–H and O–H groups in total. The fourth-order valence-electron chi connectivity index (χ4n) is 4.06. The molecule has 6 nitrogen and oxygen atoms in total. The Morgan fingerprint density at radius 2 is 1.97 bits per heavy atom. The number of hydrogen-bond donors (Lipinski definition) is 1. The number of anilines is 1. The first-order valence-electron chi connectivity index (χ1n) is 9.86. The van der Waals surface area contributed by atoms with Gasteiger partial charge in [0.2, 0.25) is 11.0 Å². The molecule has 1 aliphatic heterocycles. The maximum atomic E-state index is 12.6. The van der Waals surface area contributed by atoms with Crippen molar-refractivity contribution in [3.8, 4) is 10.9 Å². The minimum absolute atomic E-state index is 0.00495. The number of nitrogens with zero attached hydrogens (tertiary/aromatic N) is 3. The number of methoxy groups -OCH3 is 1. The second-order valence-corrected chi connectivity index (χ2v) is 8.75. The van der Waals surface area contributed by atoms with Gasteiger partial charge in [-0.2, -0.15) is 9.78 Å². The predicted molar refractivity (Wildman–Crippen MR) is 119 cm³/mol. The lowest BCUT2D eigenvalue weighted by Gasteiger charge is -2.24. The lowest BCUT2D eigenvalue weighted by atomic mass is 9.84. The molecule has 1 amide bonds. The van der Waals surface area contributed by atoms with E-state index in [1.54, 1.807) is 11.8 Å². The molecule has 3 heterocycles. The monoisotopic (exact) mass is 418 g/mol. The summed E-state index contributed by atoms with van der Waals surface area (Å²) in [4.78, 5) is 17.4. The van der Waals surface area contributed by atoms with Gasteiger partial charge in [0, 0.05) is 17.9 Å². The second-order valence-electron chi connectivity index (χ2n) is 7.74. The third-order valence-electron chi connectivity index (χ3n) is 5.80. The van der Waals surface area contributed by atoms with E-state index in [4.69, 9.17) is 14.8 Å². The smallest absolute Gasteiger partial charge is 0.226 e. The average molecular weight is 419 g/mol. The molecule has 0 spiro atoms. The van der Waals surface area contributed by atoms with Gasteiger partial charge in [-0.3, -0.25) is 4.79 Å². The maximum absolute atomic E-state index is 12.6. The SMILES string of the molecule is COc1ccc2nc(-n3nc(C)c4c3NC(=O)CC4c3ccc(C)c(C)c3)sc2c1. The normalized spacial score (nSPS) is 15.9. The van der Waals surface area contributed by atoms with Crippen molar-refractivity contribution in [1.29, 1.82) is 0 Å². The van der Waals surface area contributed by atoms with E-state index in [1.807, 2.05) is 25.1 Å². The Balaban J connectivity index is 1.65. The number of aryl methyl sites for hydroxylation is 3. The van der Waals surface area contributed by atoms with Gasteiger partial charge in [0.15, 0.2) is 0 Å². The number of carbonyl (C=O) groups excluding carboxylic acids is 1. The van der Waals surface area contributed by atoms with Gasteiger partial charge >= 0.3 is 0 Å². The Labute approximate surface area is 178 Å². The third kappa shape index (κ3) is 2.97. The van der Waals surface area contributed by atoms with E-state index in [9.17, 15) is 4.79 Å². The lowest BCUT2D eigenvalue weighted by Crippen LogP contribution is -2.25. The number of carbonyl (C=O) groups is 1. The van der Waals surface area contributed by atoms with Crippen molar-refractivity contribution in [3.05, 3.63) is 64.3 Å². The summed E-state index contributed by atoms with van der Waals surface area (Å²) in [5.74, 6) is 1.49. The van der Waals surface area contributed by atoms with Gasteiger partial charge in [-0.25, -0.2) is 4.98 Å². The predicted octanol–water partition coefficient (Wildman–Crippen LogP) is 4.89. The number of rotatable bonds is 3. The Morgan fingerprint density at radius 3 is 2.73 bits per heavy atom. The highest BCUT2D eigenvalue weighted by Gasteiger charge is 2.33. The van der Waals surface area contributed by atoms with Gasteiger partial charge in [0.1, 0.15) is 11.6 Å². The van der Waals surface area contributed by atoms with Crippen molar-refractivity contribution in [2.45, 2.75) is 33.1 Å². The largest absolute Gasteiger partial charge is 0.497 e. The van der Waals surface area contributed by atoms with Crippen LogP contribution in [-0.2, 0) is 4.79 Å². The molecular weight excluding hydrogens is 396 g/mol. The molecule has 2 aromatic carbocycles. The van der Waals surface area contributed by atoms with Crippen LogP contribution in [0.5, 0.6) is 5.75 Å². The maximum Gasteiger partial charge on any atom is 0.226 e. The summed E-state index contributed by atoms with van der Waals surface area (Å²) in [5.41, 5.74) is 6.47. The third-order valence-corrected chi connectivity index (χ3v) is 6.80. The summed E-state index contributed by atoms with van der Waals surface area (Å²) in [5, 5.41) is 8.54. The fraction of sp³-hybridized carbons (Fsp3) is 0.261. The van der Waals surface area contributed by atoms with Crippen LogP contribution in [0.15, 0.2) is 36.4 Å². The summed E-state index contributed by atoms with van der Waals surface area (Å²) in [6.07, 6.45) is 0.416. The van der Waals surface area contributed by atoms with Crippen molar-refractivity contribution in [1.82, 2.24) is 14.8 Å². The van der Waals surface area contributed by atoms with E-state index in [1.165, 1.54) is 22.5 Å². The van der Waals surface area contributed by atoms with E-state index in [-0.39, 0.29) is 11.8 Å². The number of benzene rings is 2. The summed E-state index contributed by atoms with van der Waals surface area (Å²) in [7, 11) is 1.65. The Bertz CT molecular complexity index is 1300. The van der Waals surface area contributed by atoms with Gasteiger partial charge < -0.3 is 10.1 Å². The van der Waals surface area contributed by atoms with Gasteiger partial charge in [-0.05, 0) is 55.7 Å². The summed E-state index contributed by atoms with van der Waals surface area (Å²) < 4.78 is 8.11. The van der Waals surface area contributed by atoms with E-state index in [0.29, 0.717) is 6.42 Å². The second kappa shape index (κ2) is 6.95. The summed E-state index contributed by atoms with van der Waals surface area (Å²) >= 11 is 1.53. The minimum Gasteiger partial charge on any atom is -0.497 e. The van der Waals surface area contributed by atoms with E-state index < -0.39 is 0 Å². The quantitative estimate of drug-likeness (QED) is 0.514. The minimum atomic E-state index is -0.0173. The molecule has 0 saturated carbocycles. The van der Waals surface area contributed by atoms with Crippen LogP contribution in [0, 0.1) is 20.8 Å². The average Bonchev–Trinajstić information content (AvgIpc) is 3.29. The van der Waals surface area contributed by atoms with Gasteiger partial charge in [-0.15, -0.1) is 0 Å². The highest BCUT2D eigenvalue weighted by atomic mass is 32.1. The fourth-order valence-corrected chi connectivity index (χ4v) is 5.01. The molecule has 0 fully saturated rings. The zero-order valence-corrected chi connectivity index (χ0v) is 18.1. The zero-order valence-electron chi connectivity index (χ0n) is 17.3. The van der Waals surface area contributed by atoms with Gasteiger partial charge in [0.25, 0.3) is 0 Å². The highest BCUT2D eigenvalue weighted by molar-refractivity contribution is 7.20. The Kier molecular flexibility index (Phi) is 4.36. The van der Waals surface area contributed by atoms with Gasteiger partial charge in [-0.1, -0.05) is 29.5 Å². The Morgan fingerprint density at radius 1 is 1.13 bits per heavy atom. The van der Waals surface area contributed by atoms with E-state index in [0.717, 1.165) is 43.7 Å². The van der Waals surface area contributed by atoms with Crippen LogP contribution < -0.4 is 10.1 Å². The van der Waals surface area contributed by atoms with Crippen LogP contribution in [0.25, 0.3) is 15.3 Å². The molecule has 1 atom stereocenters.